The van der Waals surface area contributed by atoms with Gasteiger partial charge in [-0.05, 0) is 61.7 Å². The van der Waals surface area contributed by atoms with Gasteiger partial charge in [0.15, 0.2) is 23.2 Å². The Bertz CT molecular complexity index is 1150. The topological polar surface area (TPSA) is 55.7 Å². The monoisotopic (exact) mass is 459 g/mol. The highest BCUT2D eigenvalue weighted by molar-refractivity contribution is 6.31. The van der Waals surface area contributed by atoms with Gasteiger partial charge in [0.1, 0.15) is 0 Å². The van der Waals surface area contributed by atoms with Crippen molar-refractivity contribution in [3.05, 3.63) is 86.9 Å². The standard InChI is InChI=1S/C23H20Cl2FN3O2/c1-13-8-16(24)7-6-15(13)10-17-12-30-29-23(28-17)18-9-14(2)27-11-21(18)31-20-5-3-4-19(25)22(20)26/h3-9,11,17H,10,12H2,1-2H3,(H,28,29). The van der Waals surface area contributed by atoms with Crippen LogP contribution < -0.4 is 10.2 Å². The van der Waals surface area contributed by atoms with Gasteiger partial charge in [0.2, 0.25) is 0 Å². The van der Waals surface area contributed by atoms with Gasteiger partial charge in [-0.15, -0.1) is 0 Å². The van der Waals surface area contributed by atoms with Crippen molar-refractivity contribution >= 4 is 29.0 Å². The van der Waals surface area contributed by atoms with E-state index in [1.54, 1.807) is 6.07 Å². The molecule has 1 N–H and O–H groups in total. The van der Waals surface area contributed by atoms with Crippen molar-refractivity contribution in [3.8, 4) is 11.5 Å². The quantitative estimate of drug-likeness (QED) is 0.521. The summed E-state index contributed by atoms with van der Waals surface area (Å²) in [5.41, 5.74) is 6.47. The molecule has 1 aromatic heterocycles. The van der Waals surface area contributed by atoms with Crippen molar-refractivity contribution in [2.45, 2.75) is 26.3 Å². The molecule has 1 unspecified atom stereocenters. The summed E-state index contributed by atoms with van der Waals surface area (Å²) in [6.07, 6.45) is 2.22. The van der Waals surface area contributed by atoms with E-state index in [0.717, 1.165) is 16.8 Å². The van der Waals surface area contributed by atoms with Crippen LogP contribution in [0.1, 0.15) is 22.4 Å². The molecule has 0 radical (unpaired) electrons. The molecule has 1 aliphatic rings. The molecule has 4 rings (SSSR count). The first-order valence-electron chi connectivity index (χ1n) is 9.70. The van der Waals surface area contributed by atoms with E-state index in [0.29, 0.717) is 35.2 Å². The first kappa shape index (κ1) is 21.6. The van der Waals surface area contributed by atoms with Crippen molar-refractivity contribution < 1.29 is 14.0 Å². The van der Waals surface area contributed by atoms with Crippen LogP contribution in [0, 0.1) is 19.7 Å². The summed E-state index contributed by atoms with van der Waals surface area (Å²) in [6.45, 7) is 4.28. The number of amidine groups is 1. The predicted octanol–water partition coefficient (Wildman–Crippen LogP) is 5.83. The molecule has 0 spiro atoms. The van der Waals surface area contributed by atoms with Gasteiger partial charge in [0.05, 0.1) is 29.4 Å². The molecule has 1 aliphatic heterocycles. The number of benzene rings is 2. The van der Waals surface area contributed by atoms with Gasteiger partial charge in [-0.2, -0.15) is 0 Å². The number of nitrogens with zero attached hydrogens (tertiary/aromatic N) is 2. The molecule has 160 valence electrons. The number of aryl methyl sites for hydroxylation is 2. The normalized spacial score (nSPS) is 15.9. The second-order valence-electron chi connectivity index (χ2n) is 7.30. The van der Waals surface area contributed by atoms with Crippen LogP contribution in [0.2, 0.25) is 10.0 Å². The molecular weight excluding hydrogens is 440 g/mol. The van der Waals surface area contributed by atoms with Crippen LogP contribution in [0.5, 0.6) is 11.5 Å². The second kappa shape index (κ2) is 9.22. The van der Waals surface area contributed by atoms with Gasteiger partial charge in [-0.25, -0.2) is 9.87 Å². The smallest absolute Gasteiger partial charge is 0.184 e. The summed E-state index contributed by atoms with van der Waals surface area (Å²) in [5, 5.41) is 0.684. The number of hydrogen-bond donors (Lipinski definition) is 1. The summed E-state index contributed by atoms with van der Waals surface area (Å²) in [5.74, 6) is 0.197. The number of ether oxygens (including phenoxy) is 1. The molecule has 3 aromatic rings. The van der Waals surface area contributed by atoms with Crippen LogP contribution in [0.25, 0.3) is 0 Å². The van der Waals surface area contributed by atoms with Crippen molar-refractivity contribution in [3.63, 3.8) is 0 Å². The number of aromatic nitrogens is 1. The van der Waals surface area contributed by atoms with E-state index in [9.17, 15) is 4.39 Å². The first-order valence-corrected chi connectivity index (χ1v) is 10.5. The maximum atomic E-state index is 14.4. The Kier molecular flexibility index (Phi) is 6.41. The highest BCUT2D eigenvalue weighted by Crippen LogP contribution is 2.31. The number of halogens is 3. The van der Waals surface area contributed by atoms with Crippen LogP contribution in [0.15, 0.2) is 53.7 Å². The molecule has 0 bridgehead atoms. The van der Waals surface area contributed by atoms with E-state index in [4.69, 9.17) is 37.8 Å². The zero-order valence-corrected chi connectivity index (χ0v) is 18.5. The molecule has 2 heterocycles. The molecule has 5 nitrogen and oxygen atoms in total. The fourth-order valence-corrected chi connectivity index (χ4v) is 3.71. The van der Waals surface area contributed by atoms with E-state index >= 15 is 0 Å². The van der Waals surface area contributed by atoms with Gasteiger partial charge in [-0.3, -0.25) is 14.8 Å². The Morgan fingerprint density at radius 3 is 2.81 bits per heavy atom. The van der Waals surface area contributed by atoms with E-state index in [1.165, 1.54) is 18.3 Å². The third-order valence-corrected chi connectivity index (χ3v) is 5.44. The maximum absolute atomic E-state index is 14.4. The maximum Gasteiger partial charge on any atom is 0.184 e. The highest BCUT2D eigenvalue weighted by atomic mass is 35.5. The molecule has 0 amide bonds. The first-order chi connectivity index (χ1) is 14.9. The molecule has 8 heteroatoms. The number of rotatable bonds is 5. The van der Waals surface area contributed by atoms with Gasteiger partial charge in [0.25, 0.3) is 0 Å². The minimum Gasteiger partial charge on any atom is -0.452 e. The summed E-state index contributed by atoms with van der Waals surface area (Å²) in [6, 6.07) is 12.1. The fraction of sp³-hybridized carbons (Fsp3) is 0.217. The number of hydrogen-bond acceptors (Lipinski definition) is 5. The van der Waals surface area contributed by atoms with Crippen LogP contribution in [0.4, 0.5) is 4.39 Å². The Morgan fingerprint density at radius 2 is 2.00 bits per heavy atom. The Morgan fingerprint density at radius 1 is 1.16 bits per heavy atom. The Balaban J connectivity index is 1.64. The van der Waals surface area contributed by atoms with E-state index in [1.807, 2.05) is 38.1 Å². The summed E-state index contributed by atoms with van der Waals surface area (Å²) in [4.78, 5) is 14.7. The summed E-state index contributed by atoms with van der Waals surface area (Å²) < 4.78 is 20.2. The molecule has 31 heavy (non-hydrogen) atoms. The van der Waals surface area contributed by atoms with E-state index in [-0.39, 0.29) is 16.8 Å². The molecule has 0 saturated carbocycles. The van der Waals surface area contributed by atoms with E-state index in [2.05, 4.69) is 10.5 Å². The highest BCUT2D eigenvalue weighted by Gasteiger charge is 2.22. The number of aliphatic imine (C=N–C) groups is 1. The second-order valence-corrected chi connectivity index (χ2v) is 8.14. The third-order valence-electron chi connectivity index (χ3n) is 4.91. The van der Waals surface area contributed by atoms with Gasteiger partial charge in [0, 0.05) is 10.7 Å². The molecule has 1 atom stereocenters. The van der Waals surface area contributed by atoms with Crippen molar-refractivity contribution in [1.82, 2.24) is 10.5 Å². The zero-order valence-electron chi connectivity index (χ0n) is 17.0. The average Bonchev–Trinajstić information content (AvgIpc) is 2.75. The van der Waals surface area contributed by atoms with Crippen LogP contribution in [-0.2, 0) is 11.3 Å². The number of pyridine rings is 1. The zero-order chi connectivity index (χ0) is 22.0. The average molecular weight is 460 g/mol. The van der Waals surface area contributed by atoms with E-state index < -0.39 is 5.82 Å². The van der Waals surface area contributed by atoms with Gasteiger partial charge < -0.3 is 4.74 Å². The molecule has 0 saturated heterocycles. The number of hydroxylamine groups is 1. The van der Waals surface area contributed by atoms with Crippen molar-refractivity contribution in [2.24, 2.45) is 4.99 Å². The fourth-order valence-electron chi connectivity index (χ4n) is 3.32. The predicted molar refractivity (Wildman–Crippen MR) is 120 cm³/mol. The molecular formula is C23H20Cl2FN3O2. The molecule has 2 aromatic carbocycles. The minimum absolute atomic E-state index is 0.00469. The van der Waals surface area contributed by atoms with Crippen LogP contribution in [0.3, 0.4) is 0 Å². The van der Waals surface area contributed by atoms with Crippen molar-refractivity contribution in [2.75, 3.05) is 6.61 Å². The lowest BCUT2D eigenvalue weighted by molar-refractivity contribution is 0.0623. The largest absolute Gasteiger partial charge is 0.452 e. The lowest BCUT2D eigenvalue weighted by Gasteiger charge is -2.24. The Labute approximate surface area is 189 Å². The summed E-state index contributed by atoms with van der Waals surface area (Å²) >= 11 is 11.9. The number of nitrogens with one attached hydrogen (secondary N) is 1. The lowest BCUT2D eigenvalue weighted by Crippen LogP contribution is -2.37. The Hall–Kier alpha value is -2.67. The third kappa shape index (κ3) is 4.98. The van der Waals surface area contributed by atoms with Crippen LogP contribution >= 0.6 is 23.2 Å². The van der Waals surface area contributed by atoms with Gasteiger partial charge in [-0.1, -0.05) is 35.3 Å². The summed E-state index contributed by atoms with van der Waals surface area (Å²) in [7, 11) is 0. The molecule has 0 fully saturated rings. The lowest BCUT2D eigenvalue weighted by atomic mass is 10.0. The van der Waals surface area contributed by atoms with Gasteiger partial charge >= 0.3 is 0 Å². The SMILES string of the molecule is Cc1cc(C2=NC(Cc3ccc(Cl)cc3C)CON2)c(Oc2cccc(Cl)c2F)cn1. The molecule has 0 aliphatic carbocycles. The van der Waals surface area contributed by atoms with Crippen molar-refractivity contribution in [1.29, 1.82) is 0 Å². The van der Waals surface area contributed by atoms with Crippen LogP contribution in [-0.4, -0.2) is 23.5 Å². The minimum atomic E-state index is -0.637.